The molecule has 0 spiro atoms. The first-order valence-electron chi connectivity index (χ1n) is 18.2. The van der Waals surface area contributed by atoms with Gasteiger partial charge in [0.05, 0.1) is 33.3 Å². The Hall–Kier alpha value is -7.24. The van der Waals surface area contributed by atoms with Crippen LogP contribution in [-0.4, -0.2) is 19.1 Å². The van der Waals surface area contributed by atoms with Crippen molar-refractivity contribution in [1.82, 2.24) is 19.1 Å². The van der Waals surface area contributed by atoms with Gasteiger partial charge in [-0.25, -0.2) is 9.97 Å². The number of aromatic nitrogens is 4. The lowest BCUT2D eigenvalue weighted by atomic mass is 9.98. The van der Waals surface area contributed by atoms with Crippen LogP contribution in [0.15, 0.2) is 169 Å². The van der Waals surface area contributed by atoms with Crippen LogP contribution in [0.2, 0.25) is 0 Å². The summed E-state index contributed by atoms with van der Waals surface area (Å²) in [6.45, 7) is 5.98. The lowest BCUT2D eigenvalue weighted by Crippen LogP contribution is -2.04. The Labute approximate surface area is 310 Å². The minimum Gasteiger partial charge on any atom is -0.460 e. The number of nitrogens with zero attached hydrogens (tertiary/aromatic N) is 4. The van der Waals surface area contributed by atoms with Gasteiger partial charge in [-0.05, 0) is 49.4 Å². The molecule has 5 heteroatoms. The standard InChI is InChI=1S/C49H32N4O/c1-3-4-18-33-30(2)54-48-36-21-9-8-20-35(36)47-44(45(33)48)38-23-12-15-26-42(38)53(47)49-50-40-24-13-10-22-37(40)46(51-49)31-27-28-43-39(29-31)34-19-11-14-25-41(34)52(43)32-16-6-5-7-17-32/h3-29H,1H2,2H3/b18-4-. The summed E-state index contributed by atoms with van der Waals surface area (Å²) in [4.78, 5) is 10.8. The number of para-hydroxylation sites is 4. The van der Waals surface area contributed by atoms with E-state index < -0.39 is 0 Å². The number of hydrogen-bond donors (Lipinski definition) is 0. The summed E-state index contributed by atoms with van der Waals surface area (Å²) in [5.74, 6) is 1.49. The molecule has 54 heavy (non-hydrogen) atoms. The number of allylic oxidation sites excluding steroid dienone is 2. The SMILES string of the molecule is C=C/C=C\c1c(C)oc2c3ccccc3c3c(c4ccccc4n3-c3nc(-c4ccc5c(c4)c4ccccc4n5-c4ccccc4)c4ccccc4n3)c12. The summed E-state index contributed by atoms with van der Waals surface area (Å²) in [5, 5.41) is 8.82. The van der Waals surface area contributed by atoms with E-state index in [4.69, 9.17) is 14.4 Å². The summed E-state index contributed by atoms with van der Waals surface area (Å²) in [5.41, 5.74) is 10.3. The highest BCUT2D eigenvalue weighted by molar-refractivity contribution is 6.32. The van der Waals surface area contributed by atoms with Crippen molar-refractivity contribution < 1.29 is 4.42 Å². The van der Waals surface area contributed by atoms with Crippen LogP contribution in [-0.2, 0) is 0 Å². The van der Waals surface area contributed by atoms with Crippen LogP contribution < -0.4 is 0 Å². The molecule has 4 heterocycles. The fraction of sp³-hybridized carbons (Fsp3) is 0.0204. The van der Waals surface area contributed by atoms with Crippen LogP contribution in [0.3, 0.4) is 0 Å². The third-order valence-electron chi connectivity index (χ3n) is 10.8. The molecule has 0 amide bonds. The molecule has 11 aromatic rings. The van der Waals surface area contributed by atoms with E-state index in [0.29, 0.717) is 5.95 Å². The Morgan fingerprint density at radius 1 is 0.574 bits per heavy atom. The van der Waals surface area contributed by atoms with Crippen LogP contribution in [0.4, 0.5) is 0 Å². The summed E-state index contributed by atoms with van der Waals surface area (Å²) in [6, 6.07) is 51.4. The fourth-order valence-electron chi connectivity index (χ4n) is 8.56. The van der Waals surface area contributed by atoms with E-state index in [1.165, 1.54) is 16.3 Å². The van der Waals surface area contributed by atoms with Gasteiger partial charge in [-0.1, -0.05) is 128 Å². The maximum Gasteiger partial charge on any atom is 0.235 e. The summed E-state index contributed by atoms with van der Waals surface area (Å²) in [6.07, 6.45) is 5.88. The fourth-order valence-corrected chi connectivity index (χ4v) is 8.56. The average molecular weight is 693 g/mol. The predicted molar refractivity (Wildman–Crippen MR) is 225 cm³/mol. The average Bonchev–Trinajstić information content (AvgIpc) is 3.87. The molecule has 0 aliphatic rings. The summed E-state index contributed by atoms with van der Waals surface area (Å²) < 4.78 is 11.2. The van der Waals surface area contributed by atoms with Crippen molar-refractivity contribution in [2.45, 2.75) is 6.92 Å². The normalized spacial score (nSPS) is 12.2. The molecule has 0 radical (unpaired) electrons. The zero-order valence-electron chi connectivity index (χ0n) is 29.5. The molecule has 7 aromatic carbocycles. The molecule has 0 saturated heterocycles. The topological polar surface area (TPSA) is 48.8 Å². The number of fused-ring (bicyclic) bond motifs is 12. The minimum atomic E-state index is 0.620. The lowest BCUT2D eigenvalue weighted by Gasteiger charge is -2.13. The second-order valence-corrected chi connectivity index (χ2v) is 13.8. The van der Waals surface area contributed by atoms with E-state index in [1.54, 1.807) is 6.08 Å². The van der Waals surface area contributed by atoms with Crippen molar-refractivity contribution >= 4 is 82.3 Å². The molecule has 0 aliphatic heterocycles. The van der Waals surface area contributed by atoms with Crippen LogP contribution >= 0.6 is 0 Å². The molecule has 0 saturated carbocycles. The van der Waals surface area contributed by atoms with Crippen molar-refractivity contribution in [2.24, 2.45) is 0 Å². The van der Waals surface area contributed by atoms with Gasteiger partial charge in [-0.2, -0.15) is 0 Å². The Morgan fingerprint density at radius 3 is 2.02 bits per heavy atom. The molecule has 0 aliphatic carbocycles. The monoisotopic (exact) mass is 692 g/mol. The van der Waals surface area contributed by atoms with Gasteiger partial charge in [0.15, 0.2) is 0 Å². The van der Waals surface area contributed by atoms with Crippen LogP contribution in [0.1, 0.15) is 11.3 Å². The highest BCUT2D eigenvalue weighted by Crippen LogP contribution is 2.45. The molecule has 0 fully saturated rings. The minimum absolute atomic E-state index is 0.620. The van der Waals surface area contributed by atoms with Crippen LogP contribution in [0, 0.1) is 6.92 Å². The van der Waals surface area contributed by atoms with E-state index in [1.807, 2.05) is 13.0 Å². The van der Waals surface area contributed by atoms with Gasteiger partial charge in [-0.3, -0.25) is 4.57 Å². The molecule has 11 rings (SSSR count). The van der Waals surface area contributed by atoms with Crippen molar-refractivity contribution in [3.05, 3.63) is 176 Å². The highest BCUT2D eigenvalue weighted by atomic mass is 16.3. The van der Waals surface area contributed by atoms with E-state index >= 15 is 0 Å². The number of furan rings is 1. The van der Waals surface area contributed by atoms with Crippen molar-refractivity contribution in [3.8, 4) is 22.9 Å². The molecule has 254 valence electrons. The second-order valence-electron chi connectivity index (χ2n) is 13.8. The summed E-state index contributed by atoms with van der Waals surface area (Å²) >= 11 is 0. The van der Waals surface area contributed by atoms with Gasteiger partial charge in [0.2, 0.25) is 5.95 Å². The zero-order chi connectivity index (χ0) is 35.9. The maximum atomic E-state index is 6.58. The molecule has 0 N–H and O–H groups in total. The number of benzene rings is 7. The second kappa shape index (κ2) is 11.6. The van der Waals surface area contributed by atoms with Gasteiger partial charge < -0.3 is 8.98 Å². The first-order chi connectivity index (χ1) is 26.7. The van der Waals surface area contributed by atoms with Gasteiger partial charge in [0.25, 0.3) is 0 Å². The van der Waals surface area contributed by atoms with Crippen LogP contribution in [0.25, 0.3) is 105 Å². The molecule has 0 bridgehead atoms. The molecule has 4 aromatic heterocycles. The molecular formula is C49H32N4O. The number of aryl methyl sites for hydroxylation is 1. The zero-order valence-corrected chi connectivity index (χ0v) is 29.5. The van der Waals surface area contributed by atoms with E-state index in [2.05, 4.69) is 167 Å². The Bertz CT molecular complexity index is 3360. The quantitative estimate of drug-likeness (QED) is 0.169. The number of hydrogen-bond acceptors (Lipinski definition) is 3. The van der Waals surface area contributed by atoms with E-state index in [0.717, 1.165) is 88.2 Å². The Balaban J connectivity index is 1.25. The van der Waals surface area contributed by atoms with Gasteiger partial charge >= 0.3 is 0 Å². The van der Waals surface area contributed by atoms with Crippen molar-refractivity contribution in [1.29, 1.82) is 0 Å². The largest absolute Gasteiger partial charge is 0.460 e. The van der Waals surface area contributed by atoms with Gasteiger partial charge in [0.1, 0.15) is 11.3 Å². The third kappa shape index (κ3) is 4.27. The van der Waals surface area contributed by atoms with Crippen molar-refractivity contribution in [2.75, 3.05) is 0 Å². The van der Waals surface area contributed by atoms with Crippen LogP contribution in [0.5, 0.6) is 0 Å². The van der Waals surface area contributed by atoms with E-state index in [-0.39, 0.29) is 0 Å². The van der Waals surface area contributed by atoms with Gasteiger partial charge in [-0.15, -0.1) is 0 Å². The third-order valence-corrected chi connectivity index (χ3v) is 10.8. The van der Waals surface area contributed by atoms with Gasteiger partial charge in [0, 0.05) is 59.9 Å². The summed E-state index contributed by atoms with van der Waals surface area (Å²) in [7, 11) is 0. The Morgan fingerprint density at radius 2 is 1.22 bits per heavy atom. The molecular weight excluding hydrogens is 661 g/mol. The lowest BCUT2D eigenvalue weighted by molar-refractivity contribution is 0.580. The molecule has 0 atom stereocenters. The first-order valence-corrected chi connectivity index (χ1v) is 18.2. The highest BCUT2D eigenvalue weighted by Gasteiger charge is 2.25. The Kier molecular flexibility index (Phi) is 6.55. The van der Waals surface area contributed by atoms with Crippen molar-refractivity contribution in [3.63, 3.8) is 0 Å². The maximum absolute atomic E-state index is 6.58. The molecule has 5 nitrogen and oxygen atoms in total. The molecule has 0 unspecified atom stereocenters. The van der Waals surface area contributed by atoms with E-state index in [9.17, 15) is 0 Å². The first kappa shape index (κ1) is 30.4. The predicted octanol–water partition coefficient (Wildman–Crippen LogP) is 12.9. The number of rotatable bonds is 5. The smallest absolute Gasteiger partial charge is 0.235 e.